The zero-order valence-electron chi connectivity index (χ0n) is 13.8. The third-order valence-electron chi connectivity index (χ3n) is 3.65. The molecule has 2 aromatic rings. The molecule has 0 unspecified atom stereocenters. The molecule has 0 saturated carbocycles. The first-order valence-corrected chi connectivity index (χ1v) is 7.90. The van der Waals surface area contributed by atoms with Crippen LogP contribution in [0.5, 0.6) is 17.2 Å². The van der Waals surface area contributed by atoms with Crippen LogP contribution in [0.2, 0.25) is 5.02 Å². The third-order valence-corrected chi connectivity index (χ3v) is 3.91. The molecule has 0 aromatic heterocycles. The summed E-state index contributed by atoms with van der Waals surface area (Å²) in [5.41, 5.74) is 2.42. The largest absolute Gasteiger partial charge is 0.493 e. The molecule has 0 aliphatic rings. The Bertz CT molecular complexity index is 604. The summed E-state index contributed by atoms with van der Waals surface area (Å²) in [6.45, 7) is 1.85. The summed E-state index contributed by atoms with van der Waals surface area (Å²) >= 11 is 5.89. The molecule has 0 saturated heterocycles. The van der Waals surface area contributed by atoms with Crippen molar-refractivity contribution >= 4 is 11.6 Å². The highest BCUT2D eigenvalue weighted by Crippen LogP contribution is 2.37. The average molecular weight is 337 g/mol. The molecule has 0 bridgehead atoms. The van der Waals surface area contributed by atoms with Gasteiger partial charge >= 0.3 is 0 Å². The monoisotopic (exact) mass is 336 g/mol. The molecular formula is C18H23ClNO3+. The molecule has 0 aliphatic carbocycles. The maximum absolute atomic E-state index is 5.89. The van der Waals surface area contributed by atoms with E-state index < -0.39 is 0 Å². The van der Waals surface area contributed by atoms with Gasteiger partial charge in [-0.2, -0.15) is 0 Å². The Kier molecular flexibility index (Phi) is 6.56. The fourth-order valence-electron chi connectivity index (χ4n) is 2.44. The zero-order valence-corrected chi connectivity index (χ0v) is 14.5. The molecule has 0 atom stereocenters. The van der Waals surface area contributed by atoms with Gasteiger partial charge in [-0.1, -0.05) is 23.7 Å². The van der Waals surface area contributed by atoms with Gasteiger partial charge in [0.25, 0.3) is 0 Å². The van der Waals surface area contributed by atoms with E-state index in [9.17, 15) is 0 Å². The van der Waals surface area contributed by atoms with E-state index >= 15 is 0 Å². The van der Waals surface area contributed by atoms with Crippen molar-refractivity contribution in [3.05, 3.63) is 52.5 Å². The molecule has 2 rings (SSSR count). The number of benzene rings is 2. The second kappa shape index (κ2) is 8.65. The number of methoxy groups -OCH3 is 3. The number of hydrogen-bond acceptors (Lipinski definition) is 3. The van der Waals surface area contributed by atoms with Gasteiger partial charge in [-0.3, -0.25) is 0 Å². The zero-order chi connectivity index (χ0) is 16.7. The quantitative estimate of drug-likeness (QED) is 0.754. The molecule has 4 nitrogen and oxygen atoms in total. The van der Waals surface area contributed by atoms with E-state index in [4.69, 9.17) is 25.8 Å². The van der Waals surface area contributed by atoms with E-state index in [1.54, 1.807) is 21.3 Å². The molecule has 0 radical (unpaired) electrons. The number of halogens is 1. The van der Waals surface area contributed by atoms with Crippen LogP contribution < -0.4 is 19.5 Å². The maximum atomic E-state index is 5.89. The van der Waals surface area contributed by atoms with Gasteiger partial charge in [0.2, 0.25) is 5.75 Å². The Morgan fingerprint density at radius 2 is 1.48 bits per heavy atom. The van der Waals surface area contributed by atoms with Gasteiger partial charge in [0, 0.05) is 17.0 Å². The minimum absolute atomic E-state index is 0.625. The van der Waals surface area contributed by atoms with Crippen LogP contribution in [0.1, 0.15) is 11.1 Å². The molecule has 23 heavy (non-hydrogen) atoms. The molecular weight excluding hydrogens is 314 g/mol. The minimum atomic E-state index is 0.625. The number of hydrogen-bond donors (Lipinski definition) is 1. The normalized spacial score (nSPS) is 10.4. The lowest BCUT2D eigenvalue weighted by molar-refractivity contribution is -0.670. The van der Waals surface area contributed by atoms with Gasteiger partial charge in [0.1, 0.15) is 6.54 Å². The van der Waals surface area contributed by atoms with Crippen LogP contribution in [0.25, 0.3) is 0 Å². The summed E-state index contributed by atoms with van der Waals surface area (Å²) in [5.74, 6) is 2.00. The second-order valence-corrected chi connectivity index (χ2v) is 5.63. The highest BCUT2D eigenvalue weighted by Gasteiger charge is 2.13. The van der Waals surface area contributed by atoms with E-state index in [0.717, 1.165) is 30.1 Å². The van der Waals surface area contributed by atoms with Crippen LogP contribution in [0, 0.1) is 0 Å². The first kappa shape index (κ1) is 17.4. The number of ether oxygens (including phenoxy) is 3. The number of nitrogens with two attached hydrogens (primary N) is 1. The highest BCUT2D eigenvalue weighted by molar-refractivity contribution is 6.30. The molecule has 0 heterocycles. The second-order valence-electron chi connectivity index (χ2n) is 5.19. The van der Waals surface area contributed by atoms with Crippen LogP contribution in [-0.4, -0.2) is 27.9 Å². The van der Waals surface area contributed by atoms with Crippen LogP contribution in [-0.2, 0) is 13.0 Å². The Hall–Kier alpha value is -1.91. The lowest BCUT2D eigenvalue weighted by atomic mass is 10.1. The van der Waals surface area contributed by atoms with Gasteiger partial charge in [-0.05, 0) is 29.8 Å². The van der Waals surface area contributed by atoms with Crippen LogP contribution >= 0.6 is 11.6 Å². The van der Waals surface area contributed by atoms with Gasteiger partial charge < -0.3 is 19.5 Å². The fraction of sp³-hybridized carbons (Fsp3) is 0.333. The molecule has 2 aromatic carbocycles. The SMILES string of the molecule is COc1cc(C[NH2+]CCc2ccc(Cl)cc2)cc(OC)c1OC. The third kappa shape index (κ3) is 4.78. The summed E-state index contributed by atoms with van der Waals surface area (Å²) in [7, 11) is 4.87. The van der Waals surface area contributed by atoms with Crippen LogP contribution in [0.3, 0.4) is 0 Å². The Morgan fingerprint density at radius 3 is 2.00 bits per heavy atom. The summed E-state index contributed by atoms with van der Waals surface area (Å²) < 4.78 is 16.1. The Labute approximate surface area is 142 Å². The van der Waals surface area contributed by atoms with Crippen LogP contribution in [0.15, 0.2) is 36.4 Å². The Balaban J connectivity index is 1.93. The lowest BCUT2D eigenvalue weighted by Crippen LogP contribution is -2.83. The van der Waals surface area contributed by atoms with Crippen molar-refractivity contribution in [2.75, 3.05) is 27.9 Å². The van der Waals surface area contributed by atoms with Crippen molar-refractivity contribution < 1.29 is 19.5 Å². The number of rotatable bonds is 8. The molecule has 0 amide bonds. The van der Waals surface area contributed by atoms with Crippen molar-refractivity contribution in [1.82, 2.24) is 0 Å². The first-order valence-electron chi connectivity index (χ1n) is 7.53. The molecule has 0 fully saturated rings. The van der Waals surface area contributed by atoms with Gasteiger partial charge in [-0.15, -0.1) is 0 Å². The van der Waals surface area contributed by atoms with Gasteiger partial charge in [-0.25, -0.2) is 0 Å². The van der Waals surface area contributed by atoms with E-state index in [1.807, 2.05) is 24.3 Å². The summed E-state index contributed by atoms with van der Waals surface area (Å²) in [6.07, 6.45) is 1.00. The average Bonchev–Trinajstić information content (AvgIpc) is 2.59. The summed E-state index contributed by atoms with van der Waals surface area (Å²) in [6, 6.07) is 12.0. The number of quaternary nitrogens is 1. The van der Waals surface area contributed by atoms with Crippen molar-refractivity contribution in [3.63, 3.8) is 0 Å². The highest BCUT2D eigenvalue weighted by atomic mass is 35.5. The maximum Gasteiger partial charge on any atom is 0.203 e. The van der Waals surface area contributed by atoms with E-state index in [1.165, 1.54) is 5.56 Å². The van der Waals surface area contributed by atoms with Crippen molar-refractivity contribution in [2.45, 2.75) is 13.0 Å². The van der Waals surface area contributed by atoms with E-state index in [2.05, 4.69) is 17.4 Å². The predicted molar refractivity (Wildman–Crippen MR) is 91.8 cm³/mol. The smallest absolute Gasteiger partial charge is 0.203 e. The van der Waals surface area contributed by atoms with Gasteiger partial charge in [0.15, 0.2) is 11.5 Å². The van der Waals surface area contributed by atoms with E-state index in [-0.39, 0.29) is 0 Å². The van der Waals surface area contributed by atoms with Crippen molar-refractivity contribution in [2.24, 2.45) is 0 Å². The Morgan fingerprint density at radius 1 is 0.870 bits per heavy atom. The topological polar surface area (TPSA) is 44.3 Å². The summed E-state index contributed by atoms with van der Waals surface area (Å²) in [5, 5.41) is 3.03. The molecule has 5 heteroatoms. The van der Waals surface area contributed by atoms with Crippen molar-refractivity contribution in [1.29, 1.82) is 0 Å². The molecule has 0 aliphatic heterocycles. The van der Waals surface area contributed by atoms with E-state index in [0.29, 0.717) is 17.2 Å². The summed E-state index contributed by atoms with van der Waals surface area (Å²) in [4.78, 5) is 0. The van der Waals surface area contributed by atoms with Gasteiger partial charge in [0.05, 0.1) is 27.9 Å². The standard InChI is InChI=1S/C18H22ClNO3/c1-21-16-10-14(11-17(22-2)18(16)23-3)12-20-9-8-13-4-6-15(19)7-5-13/h4-7,10-11,20H,8-9,12H2,1-3H3/p+1. The first-order chi connectivity index (χ1) is 11.2. The molecule has 0 spiro atoms. The molecule has 2 N–H and O–H groups in total. The lowest BCUT2D eigenvalue weighted by Gasteiger charge is -2.13. The fourth-order valence-corrected chi connectivity index (χ4v) is 2.57. The molecule has 124 valence electrons. The minimum Gasteiger partial charge on any atom is -0.493 e. The van der Waals surface area contributed by atoms with Crippen molar-refractivity contribution in [3.8, 4) is 17.2 Å². The van der Waals surface area contributed by atoms with Crippen LogP contribution in [0.4, 0.5) is 0 Å². The predicted octanol–water partition coefficient (Wildman–Crippen LogP) is 2.67.